The van der Waals surface area contributed by atoms with Crippen LogP contribution >= 0.6 is 0 Å². The largest absolute Gasteiger partial charge is 0.573 e. The van der Waals surface area contributed by atoms with E-state index in [2.05, 4.69) is 10.1 Å². The van der Waals surface area contributed by atoms with Crippen molar-refractivity contribution in [2.75, 3.05) is 12.4 Å². The monoisotopic (exact) mass is 337 g/mol. The minimum Gasteiger partial charge on any atom is -0.497 e. The van der Waals surface area contributed by atoms with Gasteiger partial charge in [0.25, 0.3) is 0 Å². The highest BCUT2D eigenvalue weighted by atomic mass is 19.4. The number of hydrogen-bond donors (Lipinski definition) is 1. The number of carbonyl (C=O) groups is 1. The summed E-state index contributed by atoms with van der Waals surface area (Å²) in [5, 5.41) is 2.54. The Bertz CT molecular complexity index is 725. The van der Waals surface area contributed by atoms with Crippen LogP contribution < -0.4 is 14.8 Å². The number of ether oxygens (including phenoxy) is 2. The average molecular weight is 337 g/mol. The Labute approximate surface area is 136 Å². The van der Waals surface area contributed by atoms with Crippen molar-refractivity contribution in [3.05, 3.63) is 60.2 Å². The van der Waals surface area contributed by atoms with Crippen LogP contribution in [-0.2, 0) is 4.79 Å². The molecule has 0 unspecified atom stereocenters. The second-order valence-electron chi connectivity index (χ2n) is 4.67. The van der Waals surface area contributed by atoms with Crippen molar-refractivity contribution in [2.45, 2.75) is 6.36 Å². The number of halogens is 3. The number of rotatable bonds is 5. The van der Waals surface area contributed by atoms with Gasteiger partial charge in [-0.1, -0.05) is 12.1 Å². The van der Waals surface area contributed by atoms with E-state index in [0.717, 1.165) is 17.7 Å². The molecular formula is C17H14F3NO3. The lowest BCUT2D eigenvalue weighted by molar-refractivity contribution is -0.274. The number of alkyl halides is 3. The van der Waals surface area contributed by atoms with Gasteiger partial charge in [-0.25, -0.2) is 0 Å². The van der Waals surface area contributed by atoms with E-state index >= 15 is 0 Å². The van der Waals surface area contributed by atoms with E-state index in [4.69, 9.17) is 4.74 Å². The number of methoxy groups -OCH3 is 1. The molecule has 1 N–H and O–H groups in total. The van der Waals surface area contributed by atoms with Crippen LogP contribution in [0, 0.1) is 0 Å². The molecule has 2 aromatic rings. The van der Waals surface area contributed by atoms with Crippen molar-refractivity contribution < 1.29 is 27.4 Å². The predicted octanol–water partition coefficient (Wildman–Crippen LogP) is 4.25. The maximum Gasteiger partial charge on any atom is 0.573 e. The first-order valence-corrected chi connectivity index (χ1v) is 6.85. The fraction of sp³-hybridized carbons (Fsp3) is 0.118. The van der Waals surface area contributed by atoms with E-state index in [1.807, 2.05) is 0 Å². The van der Waals surface area contributed by atoms with E-state index in [-0.39, 0.29) is 5.75 Å². The van der Waals surface area contributed by atoms with Crippen LogP contribution in [0.25, 0.3) is 6.08 Å². The molecule has 24 heavy (non-hydrogen) atoms. The van der Waals surface area contributed by atoms with E-state index in [0.29, 0.717) is 11.4 Å². The number of nitrogens with one attached hydrogen (secondary N) is 1. The number of hydrogen-bond acceptors (Lipinski definition) is 3. The molecule has 1 amide bonds. The Morgan fingerprint density at radius 1 is 1.08 bits per heavy atom. The molecule has 0 aliphatic heterocycles. The fourth-order valence-corrected chi connectivity index (χ4v) is 1.84. The maximum atomic E-state index is 12.1. The van der Waals surface area contributed by atoms with Gasteiger partial charge in [-0.2, -0.15) is 0 Å². The summed E-state index contributed by atoms with van der Waals surface area (Å²) in [7, 11) is 1.54. The minimum atomic E-state index is -4.75. The third kappa shape index (κ3) is 5.68. The maximum absolute atomic E-state index is 12.1. The molecule has 0 bridgehead atoms. The lowest BCUT2D eigenvalue weighted by atomic mass is 10.2. The van der Waals surface area contributed by atoms with Gasteiger partial charge in [0.1, 0.15) is 11.5 Å². The van der Waals surface area contributed by atoms with Crippen LogP contribution in [0.5, 0.6) is 11.5 Å². The topological polar surface area (TPSA) is 47.6 Å². The third-order valence-corrected chi connectivity index (χ3v) is 2.88. The first-order chi connectivity index (χ1) is 11.4. The van der Waals surface area contributed by atoms with Crippen LogP contribution in [0.1, 0.15) is 5.56 Å². The molecule has 126 valence electrons. The predicted molar refractivity (Wildman–Crippen MR) is 83.8 cm³/mol. The first-order valence-electron chi connectivity index (χ1n) is 6.85. The minimum absolute atomic E-state index is 0.352. The average Bonchev–Trinajstić information content (AvgIpc) is 2.54. The standard InChI is InChI=1S/C17H14F3NO3/c1-23-15-4-2-3-12(11-15)5-10-16(22)21-13-6-8-14(9-7-13)24-17(18,19)20/h2-11H,1H3,(H,21,22). The Morgan fingerprint density at radius 3 is 2.42 bits per heavy atom. The van der Waals surface area contributed by atoms with E-state index in [9.17, 15) is 18.0 Å². The number of carbonyl (C=O) groups excluding carboxylic acids is 1. The van der Waals surface area contributed by atoms with Gasteiger partial charge < -0.3 is 14.8 Å². The second-order valence-corrected chi connectivity index (χ2v) is 4.67. The summed E-state index contributed by atoms with van der Waals surface area (Å²) in [6, 6.07) is 12.0. The van der Waals surface area contributed by atoms with Gasteiger partial charge in [0, 0.05) is 11.8 Å². The van der Waals surface area contributed by atoms with Gasteiger partial charge >= 0.3 is 6.36 Å². The van der Waals surface area contributed by atoms with Crippen LogP contribution in [0.15, 0.2) is 54.6 Å². The highest BCUT2D eigenvalue weighted by Gasteiger charge is 2.30. The molecule has 0 atom stereocenters. The summed E-state index contributed by atoms with van der Waals surface area (Å²) in [6.45, 7) is 0. The van der Waals surface area contributed by atoms with Crippen molar-refractivity contribution in [3.8, 4) is 11.5 Å². The fourth-order valence-electron chi connectivity index (χ4n) is 1.84. The molecule has 2 aromatic carbocycles. The summed E-state index contributed by atoms with van der Waals surface area (Å²) in [5.74, 6) is -0.104. The van der Waals surface area contributed by atoms with Crippen LogP contribution in [0.3, 0.4) is 0 Å². The summed E-state index contributed by atoms with van der Waals surface area (Å²) in [6.07, 6.45) is -1.84. The van der Waals surface area contributed by atoms with Crippen molar-refractivity contribution >= 4 is 17.7 Å². The quantitative estimate of drug-likeness (QED) is 0.830. The summed E-state index contributed by atoms with van der Waals surface area (Å²) in [4.78, 5) is 11.8. The lowest BCUT2D eigenvalue weighted by Gasteiger charge is -2.09. The molecule has 4 nitrogen and oxygen atoms in total. The number of benzene rings is 2. The van der Waals surface area contributed by atoms with Gasteiger partial charge in [-0.15, -0.1) is 13.2 Å². The zero-order chi connectivity index (χ0) is 17.6. The molecule has 7 heteroatoms. The first kappa shape index (κ1) is 17.4. The summed E-state index contributed by atoms with van der Waals surface area (Å²) in [5.41, 5.74) is 1.13. The van der Waals surface area contributed by atoms with Gasteiger partial charge in [0.15, 0.2) is 0 Å². The zero-order valence-corrected chi connectivity index (χ0v) is 12.6. The van der Waals surface area contributed by atoms with Gasteiger partial charge in [0.05, 0.1) is 7.11 Å². The van der Waals surface area contributed by atoms with Crippen LogP contribution in [-0.4, -0.2) is 19.4 Å². The van der Waals surface area contributed by atoms with Crippen molar-refractivity contribution in [1.82, 2.24) is 0 Å². The molecule has 0 fully saturated rings. The van der Waals surface area contributed by atoms with Crippen LogP contribution in [0.4, 0.5) is 18.9 Å². The Hall–Kier alpha value is -2.96. The molecule has 2 rings (SSSR count). The molecule has 0 aromatic heterocycles. The van der Waals surface area contributed by atoms with Crippen molar-refractivity contribution in [2.24, 2.45) is 0 Å². The molecule has 0 heterocycles. The van der Waals surface area contributed by atoms with Gasteiger partial charge in [-0.3, -0.25) is 4.79 Å². The normalized spacial score (nSPS) is 11.3. The van der Waals surface area contributed by atoms with E-state index in [1.54, 1.807) is 37.5 Å². The molecule has 0 radical (unpaired) electrons. The molecule has 0 saturated heterocycles. The highest BCUT2D eigenvalue weighted by Crippen LogP contribution is 2.24. The van der Waals surface area contributed by atoms with Gasteiger partial charge in [0.2, 0.25) is 5.91 Å². The summed E-state index contributed by atoms with van der Waals surface area (Å²) >= 11 is 0. The van der Waals surface area contributed by atoms with E-state index < -0.39 is 12.3 Å². The lowest BCUT2D eigenvalue weighted by Crippen LogP contribution is -2.17. The molecule has 0 spiro atoms. The molecule has 0 saturated carbocycles. The molecule has 0 aliphatic carbocycles. The van der Waals surface area contributed by atoms with Crippen LogP contribution in [0.2, 0.25) is 0 Å². The Morgan fingerprint density at radius 2 is 1.79 bits per heavy atom. The van der Waals surface area contributed by atoms with Crippen molar-refractivity contribution in [3.63, 3.8) is 0 Å². The highest BCUT2D eigenvalue weighted by molar-refractivity contribution is 6.01. The SMILES string of the molecule is COc1cccc(C=CC(=O)Nc2ccc(OC(F)(F)F)cc2)c1. The molecular weight excluding hydrogens is 323 g/mol. The number of amides is 1. The second kappa shape index (κ2) is 7.54. The third-order valence-electron chi connectivity index (χ3n) is 2.88. The van der Waals surface area contributed by atoms with E-state index in [1.165, 1.54) is 18.2 Å². The summed E-state index contributed by atoms with van der Waals surface area (Å²) < 4.78 is 45.0. The number of anilines is 1. The zero-order valence-electron chi connectivity index (χ0n) is 12.6. The Balaban J connectivity index is 1.95. The molecule has 0 aliphatic rings. The van der Waals surface area contributed by atoms with Gasteiger partial charge in [-0.05, 0) is 48.0 Å². The smallest absolute Gasteiger partial charge is 0.497 e. The Kier molecular flexibility index (Phi) is 5.47. The van der Waals surface area contributed by atoms with Crippen molar-refractivity contribution in [1.29, 1.82) is 0 Å².